The Labute approximate surface area is 200 Å². The molecular formula is C21H24F3N5O5S. The Hall–Kier alpha value is -2.97. The van der Waals surface area contributed by atoms with E-state index in [9.17, 15) is 32.7 Å². The number of amides is 1. The normalized spacial score (nSPS) is 18.9. The average molecular weight is 516 g/mol. The first kappa shape index (κ1) is 25.1. The SMILES string of the molecule is Cc1[nH]nc(C(F)(F)F)c1Cc1sc2c(c1C(=O)N1CC(C)(O)CO1)c(=O)n(C)c(=O)n2C(C)C. The van der Waals surface area contributed by atoms with Crippen LogP contribution in [0.2, 0.25) is 0 Å². The predicted molar refractivity (Wildman–Crippen MR) is 120 cm³/mol. The van der Waals surface area contributed by atoms with Gasteiger partial charge in [-0.05, 0) is 27.7 Å². The number of aliphatic hydroxyl groups is 1. The molecule has 0 aromatic carbocycles. The molecule has 3 aromatic rings. The molecule has 4 rings (SSSR count). The summed E-state index contributed by atoms with van der Waals surface area (Å²) in [5.41, 5.74) is -4.01. The van der Waals surface area contributed by atoms with Crippen molar-refractivity contribution < 1.29 is 27.9 Å². The lowest BCUT2D eigenvalue weighted by molar-refractivity contribution is -0.141. The fourth-order valence-electron chi connectivity index (χ4n) is 4.08. The van der Waals surface area contributed by atoms with Crippen LogP contribution in [0, 0.1) is 6.92 Å². The average Bonchev–Trinajstić information content (AvgIpc) is 3.41. The largest absolute Gasteiger partial charge is 0.435 e. The molecule has 190 valence electrons. The van der Waals surface area contributed by atoms with Gasteiger partial charge in [0.2, 0.25) is 0 Å². The van der Waals surface area contributed by atoms with Gasteiger partial charge in [-0.2, -0.15) is 18.3 Å². The fourth-order valence-corrected chi connectivity index (χ4v) is 5.50. The number of nitrogens with one attached hydrogen (secondary N) is 1. The van der Waals surface area contributed by atoms with Crippen molar-refractivity contribution in [1.29, 1.82) is 0 Å². The molecule has 10 nitrogen and oxygen atoms in total. The van der Waals surface area contributed by atoms with Crippen LogP contribution in [-0.4, -0.2) is 54.2 Å². The van der Waals surface area contributed by atoms with Gasteiger partial charge in [0, 0.05) is 35.6 Å². The van der Waals surface area contributed by atoms with E-state index in [1.165, 1.54) is 25.5 Å². The molecule has 14 heteroatoms. The minimum atomic E-state index is -4.74. The van der Waals surface area contributed by atoms with Crippen LogP contribution in [0.1, 0.15) is 59.0 Å². The number of halogens is 3. The van der Waals surface area contributed by atoms with Gasteiger partial charge in [0.25, 0.3) is 11.5 Å². The number of aromatic nitrogens is 4. The van der Waals surface area contributed by atoms with Crippen molar-refractivity contribution in [2.24, 2.45) is 7.05 Å². The van der Waals surface area contributed by atoms with E-state index in [2.05, 4.69) is 10.2 Å². The number of hydrogen-bond acceptors (Lipinski definition) is 7. The summed E-state index contributed by atoms with van der Waals surface area (Å²) >= 11 is 0.904. The van der Waals surface area contributed by atoms with Gasteiger partial charge in [-0.1, -0.05) is 0 Å². The fraction of sp³-hybridized carbons (Fsp3) is 0.524. The lowest BCUT2D eigenvalue weighted by Crippen LogP contribution is -2.39. The molecule has 0 spiro atoms. The van der Waals surface area contributed by atoms with E-state index < -0.39 is 40.7 Å². The maximum Gasteiger partial charge on any atom is 0.435 e. The summed E-state index contributed by atoms with van der Waals surface area (Å²) in [5.74, 6) is -0.787. The van der Waals surface area contributed by atoms with Crippen LogP contribution >= 0.6 is 11.3 Å². The number of aryl methyl sites for hydroxylation is 1. The Bertz CT molecular complexity index is 1450. The Morgan fingerprint density at radius 1 is 1.34 bits per heavy atom. The molecule has 0 saturated carbocycles. The number of hydroxylamine groups is 2. The second-order valence-electron chi connectivity index (χ2n) is 9.15. The first-order valence-electron chi connectivity index (χ1n) is 10.7. The molecule has 0 radical (unpaired) electrons. The smallest absolute Gasteiger partial charge is 0.386 e. The van der Waals surface area contributed by atoms with Gasteiger partial charge in [-0.15, -0.1) is 11.3 Å². The van der Waals surface area contributed by atoms with E-state index in [1.54, 1.807) is 13.8 Å². The minimum absolute atomic E-state index is 0.0874. The Kier molecular flexibility index (Phi) is 5.97. The molecule has 0 bridgehead atoms. The van der Waals surface area contributed by atoms with Gasteiger partial charge in [0.1, 0.15) is 17.0 Å². The lowest BCUT2D eigenvalue weighted by Gasteiger charge is -2.17. The highest BCUT2D eigenvalue weighted by atomic mass is 32.1. The number of aromatic amines is 1. The molecule has 1 atom stereocenters. The number of carbonyl (C=O) groups excluding carboxylic acids is 1. The summed E-state index contributed by atoms with van der Waals surface area (Å²) in [6, 6.07) is -0.406. The molecule has 4 heterocycles. The number of H-pyrrole nitrogens is 1. The third-order valence-corrected chi connectivity index (χ3v) is 7.03. The maximum atomic E-state index is 13.6. The number of nitrogens with zero attached hydrogens (tertiary/aromatic N) is 4. The number of carbonyl (C=O) groups is 1. The minimum Gasteiger partial charge on any atom is -0.386 e. The lowest BCUT2D eigenvalue weighted by atomic mass is 10.0. The monoisotopic (exact) mass is 515 g/mol. The Morgan fingerprint density at radius 3 is 2.54 bits per heavy atom. The van der Waals surface area contributed by atoms with E-state index in [1.807, 2.05) is 0 Å². The third-order valence-electron chi connectivity index (χ3n) is 5.85. The van der Waals surface area contributed by atoms with E-state index >= 15 is 0 Å². The van der Waals surface area contributed by atoms with Gasteiger partial charge in [-0.25, -0.2) is 9.86 Å². The van der Waals surface area contributed by atoms with Crippen LogP contribution in [0.3, 0.4) is 0 Å². The highest BCUT2D eigenvalue weighted by Gasteiger charge is 2.41. The molecule has 2 N–H and O–H groups in total. The molecule has 1 amide bonds. The van der Waals surface area contributed by atoms with Crippen LogP contribution in [0.4, 0.5) is 13.2 Å². The predicted octanol–water partition coefficient (Wildman–Crippen LogP) is 2.12. The number of rotatable bonds is 4. The van der Waals surface area contributed by atoms with Gasteiger partial charge >= 0.3 is 11.9 Å². The summed E-state index contributed by atoms with van der Waals surface area (Å²) in [4.78, 5) is 45.3. The molecular weight excluding hydrogens is 491 g/mol. The third kappa shape index (κ3) is 4.19. The summed E-state index contributed by atoms with van der Waals surface area (Å²) in [5, 5.41) is 16.8. The summed E-state index contributed by atoms with van der Waals surface area (Å²) < 4.78 is 43.0. The van der Waals surface area contributed by atoms with Gasteiger partial charge in [0.05, 0.1) is 17.5 Å². The molecule has 3 aromatic heterocycles. The first-order chi connectivity index (χ1) is 16.1. The summed E-state index contributed by atoms with van der Waals surface area (Å²) in [7, 11) is 1.27. The highest BCUT2D eigenvalue weighted by molar-refractivity contribution is 7.19. The number of fused-ring (bicyclic) bond motifs is 1. The summed E-state index contributed by atoms with van der Waals surface area (Å²) in [6.07, 6.45) is -5.11. The molecule has 1 fully saturated rings. The zero-order valence-electron chi connectivity index (χ0n) is 19.6. The molecule has 1 unspecified atom stereocenters. The van der Waals surface area contributed by atoms with E-state index in [0.29, 0.717) is 0 Å². The van der Waals surface area contributed by atoms with Gasteiger partial charge < -0.3 is 5.11 Å². The van der Waals surface area contributed by atoms with Crippen LogP contribution in [0.25, 0.3) is 10.2 Å². The van der Waals surface area contributed by atoms with E-state index in [0.717, 1.165) is 21.0 Å². The number of thiophene rings is 1. The van der Waals surface area contributed by atoms with Gasteiger partial charge in [0.15, 0.2) is 5.69 Å². The zero-order valence-corrected chi connectivity index (χ0v) is 20.4. The van der Waals surface area contributed by atoms with Crippen LogP contribution in [0.15, 0.2) is 9.59 Å². The molecule has 1 aliphatic heterocycles. The number of β-amino-alcohol motifs (C(OH)–C–C–N with tert-alkyl or cyclic N) is 1. The van der Waals surface area contributed by atoms with Crippen molar-refractivity contribution in [2.45, 2.75) is 51.9 Å². The van der Waals surface area contributed by atoms with Crippen molar-refractivity contribution in [2.75, 3.05) is 13.2 Å². The maximum absolute atomic E-state index is 13.6. The topological polar surface area (TPSA) is 122 Å². The summed E-state index contributed by atoms with van der Waals surface area (Å²) in [6.45, 7) is 5.95. The molecule has 35 heavy (non-hydrogen) atoms. The Balaban J connectivity index is 2.02. The highest BCUT2D eigenvalue weighted by Crippen LogP contribution is 2.37. The first-order valence-corrected chi connectivity index (χ1v) is 11.5. The molecule has 1 saturated heterocycles. The molecule has 0 aliphatic carbocycles. The van der Waals surface area contributed by atoms with Crippen molar-refractivity contribution in [3.8, 4) is 0 Å². The van der Waals surface area contributed by atoms with E-state index in [4.69, 9.17) is 4.84 Å². The zero-order chi connectivity index (χ0) is 26.0. The van der Waals surface area contributed by atoms with Crippen molar-refractivity contribution in [3.05, 3.63) is 48.2 Å². The Morgan fingerprint density at radius 2 is 2.00 bits per heavy atom. The van der Waals surface area contributed by atoms with E-state index in [-0.39, 0.29) is 51.5 Å². The van der Waals surface area contributed by atoms with Crippen LogP contribution < -0.4 is 11.2 Å². The van der Waals surface area contributed by atoms with Crippen LogP contribution in [-0.2, 0) is 24.5 Å². The second kappa shape index (κ2) is 8.31. The number of hydrogen-bond donors (Lipinski definition) is 2. The number of alkyl halides is 3. The van der Waals surface area contributed by atoms with Crippen molar-refractivity contribution in [1.82, 2.24) is 24.4 Å². The second-order valence-corrected chi connectivity index (χ2v) is 10.2. The standard InChI is InChI=1S/C21H24F3N5O5S/c1-9(2)29-18-14(16(30)27(5)19(29)32)13(17(31)28-7-20(4,33)8-34-28)12(35-18)6-11-10(3)25-26-15(11)21(22,23)24/h9,33H,6-8H2,1-5H3,(H,25,26). The van der Waals surface area contributed by atoms with Crippen molar-refractivity contribution >= 4 is 27.5 Å². The molecule has 1 aliphatic rings. The van der Waals surface area contributed by atoms with Gasteiger partial charge in [-0.3, -0.25) is 28.7 Å². The van der Waals surface area contributed by atoms with Crippen LogP contribution in [0.5, 0.6) is 0 Å². The quantitative estimate of drug-likeness (QED) is 0.549. The van der Waals surface area contributed by atoms with Crippen molar-refractivity contribution in [3.63, 3.8) is 0 Å².